The Kier molecular flexibility index (Phi) is 5.76. The molecule has 1 heterocycles. The highest BCUT2D eigenvalue weighted by molar-refractivity contribution is 7.88. The topological polar surface area (TPSA) is 75.7 Å². The van der Waals surface area contributed by atoms with E-state index in [1.165, 1.54) is 4.31 Å². The summed E-state index contributed by atoms with van der Waals surface area (Å²) in [6.45, 7) is 3.87. The summed E-state index contributed by atoms with van der Waals surface area (Å²) < 4.78 is 31.6. The summed E-state index contributed by atoms with van der Waals surface area (Å²) >= 11 is 0. The van der Waals surface area contributed by atoms with Crippen LogP contribution in [0.1, 0.15) is 37.4 Å². The third kappa shape index (κ3) is 5.11. The van der Waals surface area contributed by atoms with Crippen LogP contribution in [0.25, 0.3) is 0 Å². The van der Waals surface area contributed by atoms with Gasteiger partial charge in [-0.2, -0.15) is 4.31 Å². The van der Waals surface area contributed by atoms with Crippen LogP contribution in [0.4, 0.5) is 0 Å². The maximum Gasteiger partial charge on any atom is 0.235 e. The number of carbonyl (C=O) groups is 1. The Labute approximate surface area is 166 Å². The Balaban J connectivity index is 1.74. The number of hydrogen-bond donors (Lipinski definition) is 1. The summed E-state index contributed by atoms with van der Waals surface area (Å²) in [7, 11) is -3.53. The van der Waals surface area contributed by atoms with Crippen molar-refractivity contribution in [3.63, 3.8) is 0 Å². The fourth-order valence-corrected chi connectivity index (χ4v) is 4.14. The van der Waals surface area contributed by atoms with E-state index < -0.39 is 15.6 Å². The lowest BCUT2D eigenvalue weighted by Crippen LogP contribution is -2.45. The van der Waals surface area contributed by atoms with Gasteiger partial charge in [0.25, 0.3) is 0 Å². The van der Waals surface area contributed by atoms with Crippen molar-refractivity contribution in [2.45, 2.75) is 38.5 Å². The largest absolute Gasteiger partial charge is 0.487 e. The van der Waals surface area contributed by atoms with Gasteiger partial charge in [0, 0.05) is 18.5 Å². The van der Waals surface area contributed by atoms with Gasteiger partial charge in [0.05, 0.1) is 18.8 Å². The molecule has 0 fully saturated rings. The average Bonchev–Trinajstić information content (AvgIpc) is 2.60. The first-order chi connectivity index (χ1) is 13.1. The molecule has 1 aliphatic rings. The van der Waals surface area contributed by atoms with Crippen molar-refractivity contribution < 1.29 is 17.9 Å². The van der Waals surface area contributed by atoms with Crippen LogP contribution in [-0.2, 0) is 21.4 Å². The Morgan fingerprint density at radius 1 is 1.14 bits per heavy atom. The van der Waals surface area contributed by atoms with Gasteiger partial charge in [0.15, 0.2) is 0 Å². The highest BCUT2D eigenvalue weighted by atomic mass is 32.2. The number of sulfonamides is 1. The molecule has 28 heavy (non-hydrogen) atoms. The molecule has 1 amide bonds. The molecule has 6 nitrogen and oxygen atoms in total. The Morgan fingerprint density at radius 3 is 2.46 bits per heavy atom. The number of carbonyl (C=O) groups excluding carboxylic acids is 1. The second-order valence-electron chi connectivity index (χ2n) is 7.74. The van der Waals surface area contributed by atoms with Gasteiger partial charge >= 0.3 is 0 Å². The standard InChI is InChI=1S/C21H26N2O4S/c1-21(2)13-18(17-11-7-8-12-19(17)27-21)22-20(24)15-23(28(3,25)26)14-16-9-5-4-6-10-16/h4-12,18H,13-15H2,1-3H3,(H,22,24)/t18-/m1/s1. The summed E-state index contributed by atoms with van der Waals surface area (Å²) in [6.07, 6.45) is 1.73. The number of nitrogens with zero attached hydrogens (tertiary/aromatic N) is 1. The minimum absolute atomic E-state index is 0.156. The monoisotopic (exact) mass is 402 g/mol. The van der Waals surface area contributed by atoms with E-state index in [1.54, 1.807) is 0 Å². The Morgan fingerprint density at radius 2 is 1.79 bits per heavy atom. The van der Waals surface area contributed by atoms with Crippen LogP contribution in [-0.4, -0.2) is 37.0 Å². The van der Waals surface area contributed by atoms with Crippen LogP contribution in [0, 0.1) is 0 Å². The normalized spacial score (nSPS) is 18.2. The van der Waals surface area contributed by atoms with Gasteiger partial charge in [-0.25, -0.2) is 8.42 Å². The van der Waals surface area contributed by atoms with Gasteiger partial charge in [-0.05, 0) is 25.5 Å². The van der Waals surface area contributed by atoms with E-state index in [0.717, 1.165) is 23.1 Å². The summed E-state index contributed by atoms with van der Waals surface area (Å²) in [4.78, 5) is 12.7. The third-order valence-corrected chi connectivity index (χ3v) is 5.90. The van der Waals surface area contributed by atoms with E-state index in [-0.39, 0.29) is 25.0 Å². The number of fused-ring (bicyclic) bond motifs is 1. The summed E-state index contributed by atoms with van der Waals surface area (Å²) in [5, 5.41) is 2.99. The summed E-state index contributed by atoms with van der Waals surface area (Å²) in [6, 6.07) is 16.6. The molecule has 2 aromatic rings. The molecule has 1 atom stereocenters. The number of nitrogens with one attached hydrogen (secondary N) is 1. The van der Waals surface area contributed by atoms with Crippen molar-refractivity contribution >= 4 is 15.9 Å². The highest BCUT2D eigenvalue weighted by Gasteiger charge is 2.34. The van der Waals surface area contributed by atoms with E-state index in [4.69, 9.17) is 4.74 Å². The number of amides is 1. The summed E-state index contributed by atoms with van der Waals surface area (Å²) in [5.41, 5.74) is 1.31. The molecule has 0 saturated carbocycles. The lowest BCUT2D eigenvalue weighted by atomic mass is 9.89. The molecule has 0 spiro atoms. The van der Waals surface area contributed by atoms with Crippen molar-refractivity contribution in [3.8, 4) is 5.75 Å². The molecule has 1 aliphatic heterocycles. The number of hydrogen-bond acceptors (Lipinski definition) is 4. The SMILES string of the molecule is CC1(C)C[C@@H](NC(=O)CN(Cc2ccccc2)S(C)(=O)=O)c2ccccc2O1. The molecule has 150 valence electrons. The van der Waals surface area contributed by atoms with Crippen molar-refractivity contribution in [2.24, 2.45) is 0 Å². The Bertz CT molecular complexity index is 942. The van der Waals surface area contributed by atoms with Gasteiger partial charge in [-0.15, -0.1) is 0 Å². The smallest absolute Gasteiger partial charge is 0.235 e. The first-order valence-electron chi connectivity index (χ1n) is 9.20. The maximum atomic E-state index is 12.7. The minimum Gasteiger partial charge on any atom is -0.487 e. The van der Waals surface area contributed by atoms with Crippen LogP contribution in [0.15, 0.2) is 54.6 Å². The van der Waals surface area contributed by atoms with Gasteiger partial charge in [-0.1, -0.05) is 48.5 Å². The van der Waals surface area contributed by atoms with E-state index in [9.17, 15) is 13.2 Å². The van der Waals surface area contributed by atoms with Crippen LogP contribution in [0.2, 0.25) is 0 Å². The second-order valence-corrected chi connectivity index (χ2v) is 9.72. The average molecular weight is 403 g/mol. The van der Waals surface area contributed by atoms with E-state index in [0.29, 0.717) is 6.42 Å². The number of rotatable bonds is 6. The molecule has 3 rings (SSSR count). The first-order valence-corrected chi connectivity index (χ1v) is 11.1. The van der Waals surface area contributed by atoms with E-state index >= 15 is 0 Å². The molecule has 0 unspecified atom stereocenters. The first kappa shape index (κ1) is 20.4. The molecule has 0 bridgehead atoms. The van der Waals surface area contributed by atoms with Crippen LogP contribution >= 0.6 is 0 Å². The second kappa shape index (κ2) is 7.93. The van der Waals surface area contributed by atoms with Crippen molar-refractivity contribution in [1.82, 2.24) is 9.62 Å². The zero-order valence-corrected chi connectivity index (χ0v) is 17.2. The van der Waals surface area contributed by atoms with Crippen LogP contribution in [0.5, 0.6) is 5.75 Å². The van der Waals surface area contributed by atoms with Crippen molar-refractivity contribution in [3.05, 3.63) is 65.7 Å². The van der Waals surface area contributed by atoms with Gasteiger partial charge < -0.3 is 10.1 Å². The van der Waals surface area contributed by atoms with Crippen LogP contribution < -0.4 is 10.1 Å². The molecule has 0 radical (unpaired) electrons. The number of ether oxygens (including phenoxy) is 1. The molecule has 1 N–H and O–H groups in total. The molecular weight excluding hydrogens is 376 g/mol. The third-order valence-electron chi connectivity index (χ3n) is 4.70. The highest BCUT2D eigenvalue weighted by Crippen LogP contribution is 2.39. The van der Waals surface area contributed by atoms with E-state index in [1.807, 2.05) is 68.4 Å². The van der Waals surface area contributed by atoms with Gasteiger partial charge in [0.2, 0.25) is 15.9 Å². The predicted molar refractivity (Wildman–Crippen MR) is 108 cm³/mol. The van der Waals surface area contributed by atoms with Crippen LogP contribution in [0.3, 0.4) is 0 Å². The zero-order valence-electron chi connectivity index (χ0n) is 16.4. The number of benzene rings is 2. The fraction of sp³-hybridized carbons (Fsp3) is 0.381. The summed E-state index contributed by atoms with van der Waals surface area (Å²) in [5.74, 6) is 0.409. The molecule has 2 aromatic carbocycles. The molecular formula is C21H26N2O4S. The van der Waals surface area contributed by atoms with Gasteiger partial charge in [0.1, 0.15) is 11.4 Å². The van der Waals surface area contributed by atoms with Gasteiger partial charge in [-0.3, -0.25) is 4.79 Å². The predicted octanol–water partition coefficient (Wildman–Crippen LogP) is 2.87. The molecule has 0 aliphatic carbocycles. The quantitative estimate of drug-likeness (QED) is 0.806. The lowest BCUT2D eigenvalue weighted by Gasteiger charge is -2.38. The Hall–Kier alpha value is -2.38. The van der Waals surface area contributed by atoms with E-state index in [2.05, 4.69) is 5.32 Å². The lowest BCUT2D eigenvalue weighted by molar-refractivity contribution is -0.122. The molecule has 0 aromatic heterocycles. The minimum atomic E-state index is -3.53. The fourth-order valence-electron chi connectivity index (χ4n) is 3.41. The zero-order chi connectivity index (χ0) is 20.4. The molecule has 0 saturated heterocycles. The molecule has 7 heteroatoms. The maximum absolute atomic E-state index is 12.7. The van der Waals surface area contributed by atoms with Crippen molar-refractivity contribution in [2.75, 3.05) is 12.8 Å². The van der Waals surface area contributed by atoms with Crippen molar-refractivity contribution in [1.29, 1.82) is 0 Å². The number of para-hydroxylation sites is 1.